The van der Waals surface area contributed by atoms with Crippen molar-refractivity contribution in [2.24, 2.45) is 0 Å². The lowest BCUT2D eigenvalue weighted by Crippen LogP contribution is -2.42. The van der Waals surface area contributed by atoms with E-state index >= 15 is 0 Å². The van der Waals surface area contributed by atoms with Gasteiger partial charge in [0.1, 0.15) is 6.04 Å². The summed E-state index contributed by atoms with van der Waals surface area (Å²) in [5.74, 6) is -0.292. The maximum absolute atomic E-state index is 12.5. The van der Waals surface area contributed by atoms with Crippen LogP contribution in [-0.4, -0.2) is 37.5 Å². The van der Waals surface area contributed by atoms with Crippen molar-refractivity contribution in [3.8, 4) is 0 Å². The van der Waals surface area contributed by atoms with E-state index in [-0.39, 0.29) is 5.91 Å². The molecular weight excluding hydrogens is 392 g/mol. The second kappa shape index (κ2) is 8.00. The lowest BCUT2D eigenvalue weighted by atomic mass is 10.2. The molecule has 8 heteroatoms. The summed E-state index contributed by atoms with van der Waals surface area (Å²) < 4.78 is 24.8. The first-order valence-electron chi connectivity index (χ1n) is 8.15. The Bertz CT molecular complexity index is 901. The van der Waals surface area contributed by atoms with Crippen LogP contribution in [0.2, 0.25) is 5.02 Å². The average Bonchev–Trinajstić information content (AvgIpc) is 3.09. The SMILES string of the molecule is CS(=O)(=O)N1CCCC1C(=O)Nc1ccc(Sc2ccccc2Cl)cc1. The van der Waals surface area contributed by atoms with Crippen LogP contribution in [0.1, 0.15) is 12.8 Å². The van der Waals surface area contributed by atoms with Crippen LogP contribution in [0.5, 0.6) is 0 Å². The van der Waals surface area contributed by atoms with Crippen molar-refractivity contribution in [3.63, 3.8) is 0 Å². The number of hydrogen-bond donors (Lipinski definition) is 1. The molecule has 5 nitrogen and oxygen atoms in total. The number of hydrogen-bond acceptors (Lipinski definition) is 4. The minimum absolute atomic E-state index is 0.292. The van der Waals surface area contributed by atoms with Crippen LogP contribution in [-0.2, 0) is 14.8 Å². The van der Waals surface area contributed by atoms with E-state index in [9.17, 15) is 13.2 Å². The third kappa shape index (κ3) is 4.59. The number of amides is 1. The van der Waals surface area contributed by atoms with Gasteiger partial charge in [-0.05, 0) is 49.2 Å². The number of anilines is 1. The second-order valence-electron chi connectivity index (χ2n) is 6.08. The summed E-state index contributed by atoms with van der Waals surface area (Å²) in [6, 6.07) is 14.4. The zero-order chi connectivity index (χ0) is 18.7. The zero-order valence-corrected chi connectivity index (χ0v) is 16.6. The molecule has 1 aliphatic rings. The Morgan fingerprint density at radius 3 is 2.54 bits per heavy atom. The lowest BCUT2D eigenvalue weighted by molar-refractivity contribution is -0.119. The minimum Gasteiger partial charge on any atom is -0.325 e. The predicted octanol–water partition coefficient (Wildman–Crippen LogP) is 3.85. The van der Waals surface area contributed by atoms with Gasteiger partial charge in [-0.25, -0.2) is 8.42 Å². The fraction of sp³-hybridized carbons (Fsp3) is 0.278. The fourth-order valence-corrected chi connectivity index (χ4v) is 5.10. The first kappa shape index (κ1) is 19.2. The minimum atomic E-state index is -3.38. The fourth-order valence-electron chi connectivity index (χ4n) is 2.89. The van der Waals surface area contributed by atoms with Gasteiger partial charge < -0.3 is 5.32 Å². The van der Waals surface area contributed by atoms with Crippen LogP contribution in [0.4, 0.5) is 5.69 Å². The first-order chi connectivity index (χ1) is 12.3. The van der Waals surface area contributed by atoms with Crippen LogP contribution in [0.15, 0.2) is 58.3 Å². The first-order valence-corrected chi connectivity index (χ1v) is 11.2. The smallest absolute Gasteiger partial charge is 0.242 e. The van der Waals surface area contributed by atoms with Crippen LogP contribution < -0.4 is 5.32 Å². The monoisotopic (exact) mass is 410 g/mol. The molecule has 26 heavy (non-hydrogen) atoms. The van der Waals surface area contributed by atoms with Crippen molar-refractivity contribution in [2.75, 3.05) is 18.1 Å². The van der Waals surface area contributed by atoms with E-state index in [1.165, 1.54) is 16.1 Å². The molecule has 1 heterocycles. The maximum Gasteiger partial charge on any atom is 0.242 e. The average molecular weight is 411 g/mol. The van der Waals surface area contributed by atoms with Crippen molar-refractivity contribution in [1.82, 2.24) is 4.31 Å². The molecular formula is C18H19ClN2O3S2. The number of carbonyl (C=O) groups excluding carboxylic acids is 1. The van der Waals surface area contributed by atoms with E-state index in [4.69, 9.17) is 11.6 Å². The molecule has 1 N–H and O–H groups in total. The quantitative estimate of drug-likeness (QED) is 0.812. The third-order valence-corrected chi connectivity index (χ3v) is 6.93. The third-order valence-electron chi connectivity index (χ3n) is 4.12. The number of nitrogens with one attached hydrogen (secondary N) is 1. The summed E-state index contributed by atoms with van der Waals surface area (Å²) in [5.41, 5.74) is 0.638. The molecule has 138 valence electrons. The number of sulfonamides is 1. The summed E-state index contributed by atoms with van der Waals surface area (Å²) >= 11 is 7.70. The van der Waals surface area contributed by atoms with Gasteiger partial charge in [-0.15, -0.1) is 0 Å². The summed E-state index contributed by atoms with van der Waals surface area (Å²) in [7, 11) is -3.38. The van der Waals surface area contributed by atoms with Gasteiger partial charge in [-0.2, -0.15) is 4.31 Å². The van der Waals surface area contributed by atoms with E-state index in [2.05, 4.69) is 5.32 Å². The number of halogens is 1. The topological polar surface area (TPSA) is 66.5 Å². The molecule has 0 bridgehead atoms. The van der Waals surface area contributed by atoms with Crippen molar-refractivity contribution in [1.29, 1.82) is 0 Å². The molecule has 1 atom stereocenters. The molecule has 0 spiro atoms. The lowest BCUT2D eigenvalue weighted by Gasteiger charge is -2.21. The number of rotatable bonds is 5. The molecule has 0 saturated carbocycles. The number of benzene rings is 2. The van der Waals surface area contributed by atoms with Crippen molar-refractivity contribution in [2.45, 2.75) is 28.7 Å². The Morgan fingerprint density at radius 1 is 1.19 bits per heavy atom. The molecule has 2 aromatic carbocycles. The Balaban J connectivity index is 1.66. The van der Waals surface area contributed by atoms with Crippen LogP contribution >= 0.6 is 23.4 Å². The summed E-state index contributed by atoms with van der Waals surface area (Å²) in [5, 5.41) is 3.50. The van der Waals surface area contributed by atoms with Crippen molar-refractivity contribution < 1.29 is 13.2 Å². The van der Waals surface area contributed by atoms with E-state index in [1.807, 2.05) is 36.4 Å². The molecule has 0 aliphatic carbocycles. The van der Waals surface area contributed by atoms with Gasteiger partial charge in [0.05, 0.1) is 11.3 Å². The normalized spacial score (nSPS) is 18.0. The molecule has 2 aromatic rings. The van der Waals surface area contributed by atoms with Crippen molar-refractivity contribution >= 4 is 45.0 Å². The molecule has 0 radical (unpaired) electrons. The number of carbonyl (C=O) groups is 1. The molecule has 1 unspecified atom stereocenters. The molecule has 3 rings (SSSR count). The summed E-state index contributed by atoms with van der Waals surface area (Å²) in [4.78, 5) is 14.4. The Labute approximate surface area is 162 Å². The van der Waals surface area contributed by atoms with Gasteiger partial charge in [0, 0.05) is 22.0 Å². The number of nitrogens with zero attached hydrogens (tertiary/aromatic N) is 1. The summed E-state index contributed by atoms with van der Waals surface area (Å²) in [6.07, 6.45) is 2.37. The highest BCUT2D eigenvalue weighted by atomic mass is 35.5. The van der Waals surface area contributed by atoms with Crippen molar-refractivity contribution in [3.05, 3.63) is 53.6 Å². The highest BCUT2D eigenvalue weighted by molar-refractivity contribution is 7.99. The van der Waals surface area contributed by atoms with E-state index in [0.717, 1.165) is 16.0 Å². The Hall–Kier alpha value is -1.54. The molecule has 1 fully saturated rings. The second-order valence-corrected chi connectivity index (χ2v) is 9.54. The van der Waals surface area contributed by atoms with Crippen LogP contribution in [0.25, 0.3) is 0 Å². The van der Waals surface area contributed by atoms with Gasteiger partial charge in [0.2, 0.25) is 15.9 Å². The van der Waals surface area contributed by atoms with Gasteiger partial charge >= 0.3 is 0 Å². The Morgan fingerprint density at radius 2 is 1.88 bits per heavy atom. The molecule has 1 amide bonds. The standard InChI is InChI=1S/C18H19ClN2O3S2/c1-26(23,24)21-12-4-6-16(21)18(22)20-13-8-10-14(11-9-13)25-17-7-3-2-5-15(17)19/h2-3,5,7-11,16H,4,6,12H2,1H3,(H,20,22). The largest absolute Gasteiger partial charge is 0.325 e. The van der Waals surface area contributed by atoms with E-state index in [0.29, 0.717) is 30.1 Å². The van der Waals surface area contributed by atoms with Gasteiger partial charge in [0.15, 0.2) is 0 Å². The molecule has 1 saturated heterocycles. The zero-order valence-electron chi connectivity index (χ0n) is 14.2. The van der Waals surface area contributed by atoms with Gasteiger partial charge in [0.25, 0.3) is 0 Å². The van der Waals surface area contributed by atoms with E-state index < -0.39 is 16.1 Å². The van der Waals surface area contributed by atoms with Gasteiger partial charge in [-0.3, -0.25) is 4.79 Å². The molecule has 0 aromatic heterocycles. The highest BCUT2D eigenvalue weighted by Crippen LogP contribution is 2.33. The Kier molecular flexibility index (Phi) is 5.92. The van der Waals surface area contributed by atoms with Gasteiger partial charge in [-0.1, -0.05) is 35.5 Å². The molecule has 1 aliphatic heterocycles. The van der Waals surface area contributed by atoms with E-state index in [1.54, 1.807) is 12.1 Å². The highest BCUT2D eigenvalue weighted by Gasteiger charge is 2.36. The van der Waals surface area contributed by atoms with Crippen LogP contribution in [0, 0.1) is 0 Å². The summed E-state index contributed by atoms with van der Waals surface area (Å²) in [6.45, 7) is 0.393. The predicted molar refractivity (Wildman–Crippen MR) is 105 cm³/mol. The maximum atomic E-state index is 12.5. The van der Waals surface area contributed by atoms with Crippen LogP contribution in [0.3, 0.4) is 0 Å².